The number of nitrogens with one attached hydrogen (secondary N) is 2. The summed E-state index contributed by atoms with van der Waals surface area (Å²) in [5, 5.41) is 4.61. The Bertz CT molecular complexity index is 1550. The van der Waals surface area contributed by atoms with E-state index in [1.807, 2.05) is 40.7 Å². The summed E-state index contributed by atoms with van der Waals surface area (Å²) in [6.07, 6.45) is 1.34. The van der Waals surface area contributed by atoms with E-state index in [0.717, 1.165) is 17.4 Å². The third-order valence-electron chi connectivity index (χ3n) is 9.80. The summed E-state index contributed by atoms with van der Waals surface area (Å²) in [6.45, 7) is 22.6. The third-order valence-corrected chi connectivity index (χ3v) is 13.7. The van der Waals surface area contributed by atoms with Crippen LogP contribution in [-0.4, -0.2) is 35.3 Å². The van der Waals surface area contributed by atoms with Crippen molar-refractivity contribution in [3.63, 3.8) is 0 Å². The van der Waals surface area contributed by atoms with E-state index in [9.17, 15) is 14.4 Å². The quantitative estimate of drug-likeness (QED) is 0.177. The van der Waals surface area contributed by atoms with Crippen LogP contribution in [0.1, 0.15) is 73.7 Å². The van der Waals surface area contributed by atoms with Crippen LogP contribution in [0.25, 0.3) is 0 Å². The van der Waals surface area contributed by atoms with Crippen molar-refractivity contribution in [1.29, 1.82) is 0 Å². The number of hydrogen-bond acceptors (Lipinski definition) is 5. The molecule has 236 valence electrons. The molecule has 1 saturated carbocycles. The molecule has 2 aromatic rings. The topological polar surface area (TPSA) is 109 Å². The fraction of sp³-hybridized carbons (Fsp3) is 0.444. The first-order valence-corrected chi connectivity index (χ1v) is 16.9. The molecule has 0 saturated heterocycles. The second-order valence-electron chi connectivity index (χ2n) is 12.8. The lowest BCUT2D eigenvalue weighted by Gasteiger charge is -2.53. The van der Waals surface area contributed by atoms with Crippen LogP contribution in [0.4, 0.5) is 0 Å². The minimum atomic E-state index is -4.21. The predicted molar refractivity (Wildman–Crippen MR) is 178 cm³/mol. The molecular weight excluding hydrogens is 571 g/mol. The molecule has 1 aliphatic rings. The Labute approximate surface area is 262 Å². The van der Waals surface area contributed by atoms with Crippen LogP contribution in [0.2, 0.25) is 0 Å². The van der Waals surface area contributed by atoms with Gasteiger partial charge >= 0.3 is 0 Å². The van der Waals surface area contributed by atoms with Crippen molar-refractivity contribution in [2.45, 2.75) is 73.5 Å². The molecule has 3 rings (SSSR count). The number of hydrogen-bond donors (Lipinski definition) is 2. The highest BCUT2D eigenvalue weighted by Crippen LogP contribution is 2.68. The van der Waals surface area contributed by atoms with Crippen molar-refractivity contribution in [3.8, 4) is 0 Å². The molecular formula is C36H47N2O5P. The van der Waals surface area contributed by atoms with Crippen LogP contribution in [0.15, 0.2) is 60.7 Å². The maximum Gasteiger partial charge on any atom is 0.246 e. The number of rotatable bonds is 11. The Hall–Kier alpha value is -3.57. The summed E-state index contributed by atoms with van der Waals surface area (Å²) in [5.41, 5.74) is 3.43. The van der Waals surface area contributed by atoms with Gasteiger partial charge in [-0.3, -0.25) is 14.4 Å². The molecule has 6 unspecified atom stereocenters. The van der Waals surface area contributed by atoms with Gasteiger partial charge in [0.2, 0.25) is 17.3 Å². The molecule has 8 heteroatoms. The van der Waals surface area contributed by atoms with Crippen molar-refractivity contribution in [2.75, 3.05) is 6.54 Å². The molecule has 0 radical (unpaired) electrons. The van der Waals surface area contributed by atoms with Crippen molar-refractivity contribution in [2.24, 2.45) is 23.7 Å². The molecule has 0 aromatic heterocycles. The van der Waals surface area contributed by atoms with Crippen molar-refractivity contribution >= 4 is 36.1 Å². The highest BCUT2D eigenvalue weighted by atomic mass is 31.2. The number of benzene rings is 2. The van der Waals surface area contributed by atoms with Crippen molar-refractivity contribution in [1.82, 2.24) is 10.6 Å². The molecule has 1 fully saturated rings. The Morgan fingerprint density at radius 1 is 0.955 bits per heavy atom. The Balaban J connectivity index is 2.28. The van der Waals surface area contributed by atoms with Gasteiger partial charge in [0.25, 0.3) is 0 Å². The molecule has 44 heavy (non-hydrogen) atoms. The smallest absolute Gasteiger partial charge is 0.246 e. The van der Waals surface area contributed by atoms with Gasteiger partial charge in [0.1, 0.15) is 6.29 Å². The van der Waals surface area contributed by atoms with Gasteiger partial charge in [-0.15, -0.1) is 0 Å². The van der Waals surface area contributed by atoms with Gasteiger partial charge in [0.15, 0.2) is 7.14 Å². The van der Waals surface area contributed by atoms with Crippen LogP contribution in [-0.2, 0) is 25.5 Å². The summed E-state index contributed by atoms with van der Waals surface area (Å²) in [5.74, 6) is -1.56. The average molecular weight is 619 g/mol. The van der Waals surface area contributed by atoms with Gasteiger partial charge in [-0.25, -0.2) is 0 Å². The van der Waals surface area contributed by atoms with Gasteiger partial charge in [-0.2, -0.15) is 0 Å². The van der Waals surface area contributed by atoms with E-state index in [2.05, 4.69) is 30.7 Å². The van der Waals surface area contributed by atoms with Gasteiger partial charge in [0.05, 0.1) is 5.16 Å². The van der Waals surface area contributed by atoms with E-state index in [1.165, 1.54) is 0 Å². The number of carbonyl (C=O) groups is 4. The highest BCUT2D eigenvalue weighted by Gasteiger charge is 2.63. The van der Waals surface area contributed by atoms with Crippen molar-refractivity contribution < 1.29 is 23.7 Å². The lowest BCUT2D eigenvalue weighted by molar-refractivity contribution is -0.119. The van der Waals surface area contributed by atoms with Crippen molar-refractivity contribution in [3.05, 3.63) is 88.5 Å². The van der Waals surface area contributed by atoms with Gasteiger partial charge in [0, 0.05) is 35.1 Å². The number of carbonyl (C=O) groups excluding carboxylic acids is 4. The van der Waals surface area contributed by atoms with Gasteiger partial charge in [-0.05, 0) is 87.0 Å². The normalized spacial score (nSPS) is 24.5. The summed E-state index contributed by atoms with van der Waals surface area (Å²) >= 11 is 0. The van der Waals surface area contributed by atoms with E-state index in [-0.39, 0.29) is 42.7 Å². The zero-order valence-electron chi connectivity index (χ0n) is 27.4. The Morgan fingerprint density at radius 3 is 2.07 bits per heavy atom. The summed E-state index contributed by atoms with van der Waals surface area (Å²) in [4.78, 5) is 53.5. The molecule has 2 amide bonds. The molecule has 2 aromatic carbocycles. The van der Waals surface area contributed by atoms with E-state index < -0.39 is 23.7 Å². The number of aryl methyl sites for hydroxylation is 2. The zero-order valence-corrected chi connectivity index (χ0v) is 28.3. The average Bonchev–Trinajstić information content (AvgIpc) is 2.96. The molecule has 7 nitrogen and oxygen atoms in total. The molecule has 1 aliphatic carbocycles. The lowest BCUT2D eigenvalue weighted by Crippen LogP contribution is -2.57. The first-order chi connectivity index (χ1) is 20.6. The van der Waals surface area contributed by atoms with Gasteiger partial charge in [-0.1, -0.05) is 70.3 Å². The summed E-state index contributed by atoms with van der Waals surface area (Å²) in [7, 11) is -4.21. The maximum atomic E-state index is 16.0. The number of amides is 2. The molecule has 2 N–H and O–H groups in total. The first kappa shape index (κ1) is 34.9. The summed E-state index contributed by atoms with van der Waals surface area (Å²) in [6, 6.07) is 10.5. The van der Waals surface area contributed by atoms with Crippen LogP contribution >= 0.6 is 7.14 Å². The van der Waals surface area contributed by atoms with Crippen LogP contribution in [0.3, 0.4) is 0 Å². The number of aldehydes is 1. The van der Waals surface area contributed by atoms with Gasteiger partial charge < -0.3 is 20.0 Å². The third kappa shape index (κ3) is 6.04. The van der Waals surface area contributed by atoms with Crippen LogP contribution < -0.4 is 15.9 Å². The maximum absolute atomic E-state index is 16.0. The Morgan fingerprint density at radius 2 is 1.52 bits per heavy atom. The first-order valence-electron chi connectivity index (χ1n) is 15.2. The molecule has 6 atom stereocenters. The SMILES string of the molecule is C=C(C)C(=O)NCc1c(C)cc(C)c(C(=O)P(=O)(c2ccccc2)C2(C=O)C(C)CC(C)C(CNC(=O)C(=C)C)C2C)c1C. The minimum absolute atomic E-state index is 0.101. The fourth-order valence-corrected chi connectivity index (χ4v) is 11.2. The summed E-state index contributed by atoms with van der Waals surface area (Å²) < 4.78 is 16.0. The standard InChI is InChI=1S/C36H47N2O5P/c1-21(2)33(40)37-18-30-23(5)16-25(7)32(27(30)9)35(42)44(43,29-14-12-11-13-15-29)36(20-39)26(8)17-24(6)31(28(36)10)19-38-34(41)22(3)4/h11-16,20,24,26,28,31H,1,3,17-19H2,2,4-10H3,(H,37,40)(H,38,41). The van der Waals surface area contributed by atoms with E-state index in [1.54, 1.807) is 44.2 Å². The second-order valence-corrected chi connectivity index (χ2v) is 15.7. The largest absolute Gasteiger partial charge is 0.352 e. The second kappa shape index (κ2) is 13.6. The monoisotopic (exact) mass is 618 g/mol. The lowest BCUT2D eigenvalue weighted by atomic mass is 9.63. The highest BCUT2D eigenvalue weighted by molar-refractivity contribution is 7.89. The predicted octanol–water partition coefficient (Wildman–Crippen LogP) is 6.19. The molecule has 0 heterocycles. The molecule has 0 spiro atoms. The van der Waals surface area contributed by atoms with E-state index in [4.69, 9.17) is 0 Å². The van der Waals surface area contributed by atoms with Crippen LogP contribution in [0.5, 0.6) is 0 Å². The van der Waals surface area contributed by atoms with E-state index >= 15 is 9.36 Å². The fourth-order valence-electron chi connectivity index (χ4n) is 7.30. The Kier molecular flexibility index (Phi) is 10.8. The minimum Gasteiger partial charge on any atom is -0.352 e. The van der Waals surface area contributed by atoms with E-state index in [0.29, 0.717) is 39.6 Å². The zero-order chi connectivity index (χ0) is 33.1. The van der Waals surface area contributed by atoms with Crippen LogP contribution in [0, 0.1) is 44.4 Å². The molecule has 0 bridgehead atoms. The molecule has 0 aliphatic heterocycles.